The van der Waals surface area contributed by atoms with Gasteiger partial charge in [-0.1, -0.05) is 0 Å². The van der Waals surface area contributed by atoms with E-state index in [0.29, 0.717) is 6.61 Å². The summed E-state index contributed by atoms with van der Waals surface area (Å²) in [7, 11) is 0. The van der Waals surface area contributed by atoms with Crippen LogP contribution in [0.4, 0.5) is 0 Å². The van der Waals surface area contributed by atoms with Crippen LogP contribution in [0.3, 0.4) is 0 Å². The highest BCUT2D eigenvalue weighted by Gasteiger charge is 2.40. The lowest BCUT2D eigenvalue weighted by Crippen LogP contribution is -2.44. The van der Waals surface area contributed by atoms with E-state index in [2.05, 4.69) is 0 Å². The van der Waals surface area contributed by atoms with E-state index < -0.39 is 17.5 Å². The Kier molecular flexibility index (Phi) is 8.83. The third kappa shape index (κ3) is 5.30. The van der Waals surface area contributed by atoms with E-state index in [-0.39, 0.29) is 25.4 Å². The molecule has 0 aromatic rings. The number of esters is 1. The molecular weight excluding hydrogens is 264 g/mol. The standard InChI is InChI=1S/C14H24O6/c1-6-17-10-11(13(16)18-7-2)12(15)14(5,19-8-3)20-9-4/h10H,6-9H2,1-5H3/b11-10-. The molecule has 0 bridgehead atoms. The second-order valence-corrected chi connectivity index (χ2v) is 3.85. The molecule has 0 heterocycles. The molecule has 20 heavy (non-hydrogen) atoms. The predicted octanol–water partition coefficient (Wildman–Crippen LogP) is 1.83. The van der Waals surface area contributed by atoms with E-state index in [9.17, 15) is 9.59 Å². The Morgan fingerprint density at radius 2 is 1.50 bits per heavy atom. The van der Waals surface area contributed by atoms with Crippen LogP contribution in [0, 0.1) is 0 Å². The van der Waals surface area contributed by atoms with Crippen LogP contribution >= 0.6 is 0 Å². The lowest BCUT2D eigenvalue weighted by atomic mass is 10.1. The second-order valence-electron chi connectivity index (χ2n) is 3.85. The summed E-state index contributed by atoms with van der Waals surface area (Å²) in [6, 6.07) is 0. The van der Waals surface area contributed by atoms with Crippen LogP contribution in [0.15, 0.2) is 11.8 Å². The molecule has 0 aliphatic rings. The Labute approximate surface area is 120 Å². The molecule has 6 heteroatoms. The first-order valence-corrected chi connectivity index (χ1v) is 6.78. The fourth-order valence-corrected chi connectivity index (χ4v) is 1.54. The fraction of sp³-hybridized carbons (Fsp3) is 0.714. The number of ether oxygens (including phenoxy) is 4. The molecule has 0 unspecified atom stereocenters. The van der Waals surface area contributed by atoms with Gasteiger partial charge in [0.2, 0.25) is 11.6 Å². The molecule has 6 nitrogen and oxygen atoms in total. The van der Waals surface area contributed by atoms with Crippen LogP contribution in [-0.4, -0.2) is 44.0 Å². The normalized spacial score (nSPS) is 12.2. The molecule has 0 amide bonds. The second kappa shape index (κ2) is 9.50. The van der Waals surface area contributed by atoms with Crippen LogP contribution in [0.2, 0.25) is 0 Å². The van der Waals surface area contributed by atoms with Gasteiger partial charge < -0.3 is 18.9 Å². The van der Waals surface area contributed by atoms with Crippen molar-refractivity contribution < 1.29 is 28.5 Å². The zero-order valence-electron chi connectivity index (χ0n) is 12.9. The lowest BCUT2D eigenvalue weighted by molar-refractivity contribution is -0.214. The van der Waals surface area contributed by atoms with Crippen LogP contribution < -0.4 is 0 Å². The first-order chi connectivity index (χ1) is 9.46. The first-order valence-electron chi connectivity index (χ1n) is 6.78. The van der Waals surface area contributed by atoms with E-state index in [1.807, 2.05) is 0 Å². The molecule has 0 spiro atoms. The molecule has 0 fully saturated rings. The smallest absolute Gasteiger partial charge is 0.345 e. The minimum absolute atomic E-state index is 0.162. The van der Waals surface area contributed by atoms with Gasteiger partial charge in [-0.25, -0.2) is 4.79 Å². The van der Waals surface area contributed by atoms with E-state index in [0.717, 1.165) is 6.26 Å². The monoisotopic (exact) mass is 288 g/mol. The maximum Gasteiger partial charge on any atom is 0.345 e. The predicted molar refractivity (Wildman–Crippen MR) is 73.0 cm³/mol. The summed E-state index contributed by atoms with van der Waals surface area (Å²) in [5.74, 6) is -2.90. The molecule has 0 aromatic heterocycles. The maximum absolute atomic E-state index is 12.5. The zero-order chi connectivity index (χ0) is 15.6. The summed E-state index contributed by atoms with van der Waals surface area (Å²) in [6.07, 6.45) is 1.09. The molecular formula is C14H24O6. The Morgan fingerprint density at radius 1 is 0.950 bits per heavy atom. The molecule has 0 radical (unpaired) electrons. The average molecular weight is 288 g/mol. The molecule has 0 aliphatic carbocycles. The molecule has 0 aromatic carbocycles. The quantitative estimate of drug-likeness (QED) is 0.152. The van der Waals surface area contributed by atoms with Gasteiger partial charge in [-0.2, -0.15) is 0 Å². The summed E-state index contributed by atoms with van der Waals surface area (Å²) < 4.78 is 20.6. The van der Waals surface area contributed by atoms with Crippen molar-refractivity contribution in [3.8, 4) is 0 Å². The van der Waals surface area contributed by atoms with E-state index in [4.69, 9.17) is 18.9 Å². The van der Waals surface area contributed by atoms with Gasteiger partial charge >= 0.3 is 5.97 Å². The Balaban J connectivity index is 5.32. The number of carbonyl (C=O) groups is 2. The van der Waals surface area contributed by atoms with E-state index in [1.165, 1.54) is 6.92 Å². The van der Waals surface area contributed by atoms with Crippen LogP contribution in [0.1, 0.15) is 34.6 Å². The lowest BCUT2D eigenvalue weighted by Gasteiger charge is -2.27. The largest absolute Gasteiger partial charge is 0.500 e. The molecule has 0 saturated carbocycles. The van der Waals surface area contributed by atoms with Gasteiger partial charge in [0.15, 0.2) is 0 Å². The van der Waals surface area contributed by atoms with Crippen molar-refractivity contribution in [2.24, 2.45) is 0 Å². The van der Waals surface area contributed by atoms with E-state index >= 15 is 0 Å². The topological polar surface area (TPSA) is 71.1 Å². The molecule has 0 atom stereocenters. The fourth-order valence-electron chi connectivity index (χ4n) is 1.54. The summed E-state index contributed by atoms with van der Waals surface area (Å²) in [6.45, 7) is 9.38. The number of hydrogen-bond acceptors (Lipinski definition) is 6. The number of ketones is 1. The zero-order valence-corrected chi connectivity index (χ0v) is 12.9. The van der Waals surface area contributed by atoms with Crippen molar-refractivity contribution >= 4 is 11.8 Å². The van der Waals surface area contributed by atoms with Crippen LogP contribution in [-0.2, 0) is 28.5 Å². The van der Waals surface area contributed by atoms with Crippen LogP contribution in [0.25, 0.3) is 0 Å². The maximum atomic E-state index is 12.5. The minimum Gasteiger partial charge on any atom is -0.500 e. The number of Topliss-reactive ketones (excluding diaryl/α,β-unsaturated/α-hetero) is 1. The number of rotatable bonds is 10. The summed E-state index contributed by atoms with van der Waals surface area (Å²) in [5.41, 5.74) is -0.224. The molecule has 116 valence electrons. The van der Waals surface area contributed by atoms with Crippen molar-refractivity contribution in [1.29, 1.82) is 0 Å². The van der Waals surface area contributed by atoms with Gasteiger partial charge in [0, 0.05) is 13.2 Å². The summed E-state index contributed by atoms with van der Waals surface area (Å²) >= 11 is 0. The highest BCUT2D eigenvalue weighted by atomic mass is 16.7. The van der Waals surface area contributed by atoms with Gasteiger partial charge in [0.25, 0.3) is 0 Å². The molecule has 0 rings (SSSR count). The number of hydrogen-bond donors (Lipinski definition) is 0. The van der Waals surface area contributed by atoms with Crippen LogP contribution in [0.5, 0.6) is 0 Å². The van der Waals surface area contributed by atoms with Gasteiger partial charge in [-0.3, -0.25) is 4.79 Å². The molecule has 0 aliphatic heterocycles. The van der Waals surface area contributed by atoms with Crippen molar-refractivity contribution in [3.63, 3.8) is 0 Å². The van der Waals surface area contributed by atoms with Gasteiger partial charge in [0.1, 0.15) is 11.8 Å². The van der Waals surface area contributed by atoms with Crippen molar-refractivity contribution in [3.05, 3.63) is 11.8 Å². The van der Waals surface area contributed by atoms with Gasteiger partial charge in [-0.15, -0.1) is 0 Å². The average Bonchev–Trinajstić information content (AvgIpc) is 2.39. The van der Waals surface area contributed by atoms with Crippen molar-refractivity contribution in [2.45, 2.75) is 40.4 Å². The Morgan fingerprint density at radius 3 is 1.90 bits per heavy atom. The molecule has 0 saturated heterocycles. The molecule has 0 N–H and O–H groups in total. The van der Waals surface area contributed by atoms with E-state index in [1.54, 1.807) is 27.7 Å². The Hall–Kier alpha value is -1.40. The third-order valence-electron chi connectivity index (χ3n) is 2.36. The highest BCUT2D eigenvalue weighted by Crippen LogP contribution is 2.20. The minimum atomic E-state index is -1.53. The Bertz CT molecular complexity index is 342. The summed E-state index contributed by atoms with van der Waals surface area (Å²) in [5, 5.41) is 0. The third-order valence-corrected chi connectivity index (χ3v) is 2.36. The first kappa shape index (κ1) is 18.6. The van der Waals surface area contributed by atoms with Gasteiger partial charge in [0.05, 0.1) is 13.2 Å². The summed E-state index contributed by atoms with van der Waals surface area (Å²) in [4.78, 5) is 24.3. The number of carbonyl (C=O) groups excluding carboxylic acids is 2. The van der Waals surface area contributed by atoms with Gasteiger partial charge in [-0.05, 0) is 34.6 Å². The van der Waals surface area contributed by atoms with Crippen molar-refractivity contribution in [2.75, 3.05) is 26.4 Å². The SMILES string of the molecule is CCO/C=C(\C(=O)OCC)C(=O)C(C)(OCC)OCC. The highest BCUT2D eigenvalue weighted by molar-refractivity contribution is 6.19. The van der Waals surface area contributed by atoms with Crippen molar-refractivity contribution in [1.82, 2.24) is 0 Å².